The van der Waals surface area contributed by atoms with Crippen molar-refractivity contribution < 1.29 is 14.5 Å². The smallest absolute Gasteiger partial charge is 0.286 e. The first-order valence-corrected chi connectivity index (χ1v) is 13.8. The summed E-state index contributed by atoms with van der Waals surface area (Å²) in [5.74, 6) is 0.376. The molecule has 0 atom stereocenters. The van der Waals surface area contributed by atoms with E-state index >= 15 is 0 Å². The Hall–Kier alpha value is -4.63. The molecule has 0 radical (unpaired) electrons. The van der Waals surface area contributed by atoms with Crippen LogP contribution in [-0.2, 0) is 11.4 Å². The number of nitro benzene ring substituents is 1. The number of hydrogen-bond donors (Lipinski definition) is 0. The Morgan fingerprint density at radius 3 is 2.38 bits per heavy atom. The number of para-hydroxylation sites is 1. The fraction of sp³-hybridized carbons (Fsp3) is 0.161. The summed E-state index contributed by atoms with van der Waals surface area (Å²) in [6.07, 6.45) is 1.82. The molecule has 1 amide bonds. The molecule has 0 saturated carbocycles. The second kappa shape index (κ2) is 11.2. The van der Waals surface area contributed by atoms with Crippen LogP contribution in [-0.4, -0.2) is 47.1 Å². The van der Waals surface area contributed by atoms with Crippen LogP contribution in [0.1, 0.15) is 11.1 Å². The molecule has 4 aromatic carbocycles. The average molecular weight is 551 g/mol. The monoisotopic (exact) mass is 550 g/mol. The van der Waals surface area contributed by atoms with E-state index in [9.17, 15) is 14.9 Å². The maximum Gasteiger partial charge on any atom is 0.286 e. The highest BCUT2D eigenvalue weighted by Crippen LogP contribution is 2.34. The number of nitro groups is 1. The van der Waals surface area contributed by atoms with E-state index in [0.717, 1.165) is 42.5 Å². The number of carbonyl (C=O) groups is 1. The highest BCUT2D eigenvalue weighted by atomic mass is 32.2. The van der Waals surface area contributed by atoms with Crippen LogP contribution in [0.4, 0.5) is 11.4 Å². The van der Waals surface area contributed by atoms with Crippen LogP contribution in [0, 0.1) is 10.1 Å². The lowest BCUT2D eigenvalue weighted by molar-refractivity contribution is -0.384. The summed E-state index contributed by atoms with van der Waals surface area (Å²) in [6, 6.07) is 28.6. The molecule has 40 heavy (non-hydrogen) atoms. The van der Waals surface area contributed by atoms with Gasteiger partial charge in [0.2, 0.25) is 0 Å². The van der Waals surface area contributed by atoms with Gasteiger partial charge in [-0.15, -0.1) is 0 Å². The van der Waals surface area contributed by atoms with E-state index < -0.39 is 4.92 Å². The number of thioether (sulfide) groups is 1. The number of benzene rings is 4. The fourth-order valence-corrected chi connectivity index (χ4v) is 5.86. The van der Waals surface area contributed by atoms with Crippen LogP contribution in [0.2, 0.25) is 0 Å². The molecular formula is C31H26N4O4S. The van der Waals surface area contributed by atoms with E-state index in [1.54, 1.807) is 12.1 Å². The first-order chi connectivity index (χ1) is 19.5. The van der Waals surface area contributed by atoms with Crippen LogP contribution in [0.5, 0.6) is 5.75 Å². The molecule has 8 nitrogen and oxygen atoms in total. The average Bonchev–Trinajstić information content (AvgIpc) is 3.36. The quantitative estimate of drug-likeness (QED) is 0.162. The molecule has 200 valence electrons. The Labute approximate surface area is 235 Å². The largest absolute Gasteiger partial charge is 0.488 e. The van der Waals surface area contributed by atoms with Gasteiger partial charge < -0.3 is 14.5 Å². The van der Waals surface area contributed by atoms with Crippen molar-refractivity contribution >= 4 is 51.1 Å². The third-order valence-corrected chi connectivity index (χ3v) is 8.06. The summed E-state index contributed by atoms with van der Waals surface area (Å²) in [5, 5.41) is 14.1. The van der Waals surface area contributed by atoms with Crippen molar-refractivity contribution in [3.8, 4) is 5.75 Å². The first-order valence-electron chi connectivity index (χ1n) is 13.0. The van der Waals surface area contributed by atoms with E-state index in [4.69, 9.17) is 4.74 Å². The molecule has 0 unspecified atom stereocenters. The Bertz CT molecular complexity index is 1640. The number of nitrogens with zero attached hydrogens (tertiary/aromatic N) is 4. The summed E-state index contributed by atoms with van der Waals surface area (Å²) in [7, 11) is 0. The Morgan fingerprint density at radius 1 is 0.875 bits per heavy atom. The van der Waals surface area contributed by atoms with Gasteiger partial charge in [0.1, 0.15) is 12.4 Å². The molecule has 2 aliphatic heterocycles. The predicted molar refractivity (Wildman–Crippen MR) is 160 cm³/mol. The van der Waals surface area contributed by atoms with Crippen molar-refractivity contribution in [1.82, 2.24) is 4.90 Å². The Morgan fingerprint density at radius 2 is 1.57 bits per heavy atom. The Kier molecular flexibility index (Phi) is 7.20. The molecule has 0 aromatic heterocycles. The third-order valence-electron chi connectivity index (χ3n) is 7.01. The lowest BCUT2D eigenvalue weighted by Gasteiger charge is -2.37. The molecule has 0 bridgehead atoms. The topological polar surface area (TPSA) is 88.3 Å². The number of piperazine rings is 1. The number of rotatable bonds is 6. The molecule has 0 N–H and O–H groups in total. The zero-order valence-corrected chi connectivity index (χ0v) is 22.4. The number of amides is 1. The van der Waals surface area contributed by atoms with Crippen molar-refractivity contribution in [3.05, 3.63) is 117 Å². The van der Waals surface area contributed by atoms with Gasteiger partial charge in [-0.25, -0.2) is 0 Å². The van der Waals surface area contributed by atoms with Crippen LogP contribution in [0.25, 0.3) is 16.8 Å². The number of non-ortho nitro benzene ring substituents is 1. The second-order valence-corrected chi connectivity index (χ2v) is 10.5. The second-order valence-electron chi connectivity index (χ2n) is 9.53. The van der Waals surface area contributed by atoms with Crippen molar-refractivity contribution in [2.45, 2.75) is 6.61 Å². The third kappa shape index (κ3) is 5.41. The lowest BCUT2D eigenvalue weighted by Crippen LogP contribution is -2.47. The number of fused-ring (bicyclic) bond motifs is 1. The molecule has 2 heterocycles. The van der Waals surface area contributed by atoms with Crippen molar-refractivity contribution in [2.75, 3.05) is 31.1 Å². The van der Waals surface area contributed by atoms with E-state index in [-0.39, 0.29) is 18.2 Å². The number of aliphatic imine (C=N–C) groups is 1. The SMILES string of the molecule is O=C1N=C(N2CCN(c3cccc4ccccc34)CC2)S/C1=C/c1ccccc1OCc1ccc([N+](=O)[O-])cc1. The summed E-state index contributed by atoms with van der Waals surface area (Å²) in [5.41, 5.74) is 2.86. The molecule has 1 fully saturated rings. The number of ether oxygens (including phenoxy) is 1. The zero-order chi connectivity index (χ0) is 27.5. The minimum absolute atomic E-state index is 0.0384. The minimum Gasteiger partial charge on any atom is -0.488 e. The van der Waals surface area contributed by atoms with Gasteiger partial charge >= 0.3 is 0 Å². The van der Waals surface area contributed by atoms with E-state index in [2.05, 4.69) is 57.3 Å². The van der Waals surface area contributed by atoms with Gasteiger partial charge in [0, 0.05) is 54.9 Å². The highest BCUT2D eigenvalue weighted by molar-refractivity contribution is 8.18. The summed E-state index contributed by atoms with van der Waals surface area (Å²) >= 11 is 1.40. The predicted octanol–water partition coefficient (Wildman–Crippen LogP) is 6.12. The van der Waals surface area contributed by atoms with Crippen LogP contribution < -0.4 is 9.64 Å². The van der Waals surface area contributed by atoms with Gasteiger partial charge in [0.05, 0.1) is 9.83 Å². The normalized spacial score (nSPS) is 16.4. The van der Waals surface area contributed by atoms with Gasteiger partial charge in [-0.2, -0.15) is 4.99 Å². The van der Waals surface area contributed by atoms with E-state index in [1.165, 1.54) is 40.4 Å². The summed E-state index contributed by atoms with van der Waals surface area (Å²) in [4.78, 5) is 32.8. The van der Waals surface area contributed by atoms with Gasteiger partial charge in [0.15, 0.2) is 5.17 Å². The number of hydrogen-bond acceptors (Lipinski definition) is 7. The van der Waals surface area contributed by atoms with E-state index in [1.807, 2.05) is 30.3 Å². The minimum atomic E-state index is -0.427. The first kappa shape index (κ1) is 25.6. The molecule has 2 aliphatic rings. The molecule has 6 rings (SSSR count). The lowest BCUT2D eigenvalue weighted by atomic mass is 10.1. The standard InChI is InChI=1S/C31H26N4O4S/c36-30-29(20-24-7-2-4-11-28(24)39-21-22-12-14-25(15-13-22)35(37)38)40-31(32-30)34-18-16-33(17-19-34)27-10-5-8-23-6-1-3-9-26(23)27/h1-15,20H,16-19,21H2/b29-20+. The molecule has 4 aromatic rings. The molecule has 1 saturated heterocycles. The summed E-state index contributed by atoms with van der Waals surface area (Å²) in [6.45, 7) is 3.51. The highest BCUT2D eigenvalue weighted by Gasteiger charge is 2.29. The van der Waals surface area contributed by atoms with Gasteiger partial charge in [-0.3, -0.25) is 14.9 Å². The Balaban J connectivity index is 1.10. The number of anilines is 1. The molecular weight excluding hydrogens is 524 g/mol. The van der Waals surface area contributed by atoms with Crippen molar-refractivity contribution in [2.24, 2.45) is 4.99 Å². The van der Waals surface area contributed by atoms with Gasteiger partial charge in [0.25, 0.3) is 11.6 Å². The van der Waals surface area contributed by atoms with Crippen molar-refractivity contribution in [3.63, 3.8) is 0 Å². The van der Waals surface area contributed by atoms with Crippen LogP contribution >= 0.6 is 11.8 Å². The summed E-state index contributed by atoms with van der Waals surface area (Å²) < 4.78 is 6.01. The van der Waals surface area contributed by atoms with Gasteiger partial charge in [-0.1, -0.05) is 54.6 Å². The fourth-order valence-electron chi connectivity index (χ4n) is 4.90. The van der Waals surface area contributed by atoms with Crippen LogP contribution in [0.15, 0.2) is 101 Å². The maximum atomic E-state index is 12.8. The zero-order valence-electron chi connectivity index (χ0n) is 21.6. The molecule has 9 heteroatoms. The maximum absolute atomic E-state index is 12.8. The van der Waals surface area contributed by atoms with Gasteiger partial charge in [-0.05, 0) is 53.1 Å². The van der Waals surface area contributed by atoms with E-state index in [0.29, 0.717) is 10.7 Å². The van der Waals surface area contributed by atoms with Crippen LogP contribution in [0.3, 0.4) is 0 Å². The molecule has 0 aliphatic carbocycles. The van der Waals surface area contributed by atoms with Crippen molar-refractivity contribution in [1.29, 1.82) is 0 Å². The molecule has 0 spiro atoms. The number of amidine groups is 1. The number of carbonyl (C=O) groups excluding carboxylic acids is 1.